The van der Waals surface area contributed by atoms with Crippen molar-refractivity contribution in [1.82, 2.24) is 44.9 Å². The molecule has 78 heavy (non-hydrogen) atoms. The topological polar surface area (TPSA) is 207 Å². The molecule has 1 saturated carbocycles. The van der Waals surface area contributed by atoms with Gasteiger partial charge in [-0.3, -0.25) is 14.2 Å². The van der Waals surface area contributed by atoms with Gasteiger partial charge in [-0.15, -0.1) is 11.3 Å². The molecule has 0 radical (unpaired) electrons. The van der Waals surface area contributed by atoms with Crippen molar-refractivity contribution in [2.24, 2.45) is 11.8 Å². The molecule has 18 nitrogen and oxygen atoms in total. The molecule has 5 aliphatic heterocycles. The number of thiophene rings is 1. The van der Waals surface area contributed by atoms with Crippen molar-refractivity contribution in [3.05, 3.63) is 88.1 Å². The van der Waals surface area contributed by atoms with Gasteiger partial charge in [0.2, 0.25) is 18.0 Å². The van der Waals surface area contributed by atoms with Gasteiger partial charge in [-0.1, -0.05) is 6.07 Å². The Balaban J connectivity index is 0.834. The highest BCUT2D eigenvalue weighted by atomic mass is 32.1. The van der Waals surface area contributed by atoms with Crippen molar-refractivity contribution in [2.45, 2.75) is 153 Å². The number of alkyl carbamates (subject to hydrolysis) is 2. The lowest BCUT2D eigenvalue weighted by atomic mass is 9.85. The summed E-state index contributed by atoms with van der Waals surface area (Å²) in [5, 5.41) is 6.60. The number of carbonyl (C=O) groups excluding carboxylic acids is 4. The molecule has 9 unspecified atom stereocenters. The summed E-state index contributed by atoms with van der Waals surface area (Å²) in [4.78, 5) is 76.8. The van der Waals surface area contributed by atoms with Crippen LogP contribution >= 0.6 is 11.3 Å². The Labute approximate surface area is 456 Å². The summed E-state index contributed by atoms with van der Waals surface area (Å²) in [6.45, 7) is 8.99. The van der Waals surface area contributed by atoms with Crippen molar-refractivity contribution in [3.63, 3.8) is 0 Å². The standard InChI is InChI=1S/C58H68FN9O9S/c1-29-19-37(20-30(2)75-29)50(64-57(71)73-5)54(69)66-17-7-9-43(66)52-60-27-40(62-52)34-13-14-42-36(23-34)25-45-49-39(59)24-35(26-46(49)77-56(68(42)45)48-16-15-47(78-48)33-11-12-33)41-28-61-53(63-41)44-10-8-18-67(44)55(70)51(65-58(72)74-6)38-21-31(3)76-32(4)22-38/h13-16,23-33,37-38,43-44,50-51,56H,7-12,17-22H2,1-6H3,(H,60,62)(H,61,63)(H,64,71)(H,65,72). The van der Waals surface area contributed by atoms with Crippen LogP contribution in [0.25, 0.3) is 44.7 Å². The maximum Gasteiger partial charge on any atom is 0.407 e. The Hall–Kier alpha value is -6.77. The maximum atomic E-state index is 17.2. The smallest absolute Gasteiger partial charge is 0.407 e. The van der Waals surface area contributed by atoms with Crippen LogP contribution in [0.5, 0.6) is 5.75 Å². The Kier molecular flexibility index (Phi) is 14.1. The number of methoxy groups -OCH3 is 2. The summed E-state index contributed by atoms with van der Waals surface area (Å²) < 4.78 is 48.1. The van der Waals surface area contributed by atoms with E-state index in [4.69, 9.17) is 33.7 Å². The number of amides is 4. The van der Waals surface area contributed by atoms with Gasteiger partial charge in [0, 0.05) is 34.5 Å². The van der Waals surface area contributed by atoms with Crippen molar-refractivity contribution in [2.75, 3.05) is 27.3 Å². The molecule has 412 valence electrons. The molecular formula is C58H68FN9O9S. The largest absolute Gasteiger partial charge is 0.464 e. The molecule has 4 saturated heterocycles. The molecule has 20 heteroatoms. The van der Waals surface area contributed by atoms with Gasteiger partial charge < -0.3 is 54.1 Å². The first-order chi connectivity index (χ1) is 37.7. The molecule has 12 rings (SSSR count). The third-order valence-corrected chi connectivity index (χ3v) is 18.1. The van der Waals surface area contributed by atoms with Crippen LogP contribution in [0.3, 0.4) is 0 Å². The van der Waals surface area contributed by atoms with E-state index in [0.717, 1.165) is 52.7 Å². The number of halogens is 1. The van der Waals surface area contributed by atoms with E-state index in [-0.39, 0.29) is 60.1 Å². The van der Waals surface area contributed by atoms with Crippen LogP contribution in [0, 0.1) is 17.7 Å². The number of nitrogens with one attached hydrogen (secondary N) is 4. The van der Waals surface area contributed by atoms with E-state index >= 15 is 4.39 Å². The number of ether oxygens (including phenoxy) is 5. The average molecular weight is 1090 g/mol. The predicted molar refractivity (Wildman–Crippen MR) is 289 cm³/mol. The van der Waals surface area contributed by atoms with Crippen molar-refractivity contribution in [3.8, 4) is 39.5 Å². The second-order valence-corrected chi connectivity index (χ2v) is 23.6. The minimum absolute atomic E-state index is 0.0519. The number of rotatable bonds is 12. The quantitative estimate of drug-likeness (QED) is 0.0907. The Morgan fingerprint density at radius 2 is 1.23 bits per heavy atom. The van der Waals surface area contributed by atoms with Gasteiger partial charge in [0.05, 0.1) is 96.2 Å². The minimum Gasteiger partial charge on any atom is -0.464 e. The molecule has 4 amide bonds. The van der Waals surface area contributed by atoms with Gasteiger partial charge in [-0.25, -0.2) is 23.9 Å². The third kappa shape index (κ3) is 9.92. The molecule has 6 aromatic rings. The molecule has 6 aliphatic rings. The Bertz CT molecular complexity index is 3240. The lowest BCUT2D eigenvalue weighted by molar-refractivity contribution is -0.139. The highest BCUT2D eigenvalue weighted by molar-refractivity contribution is 7.12. The van der Waals surface area contributed by atoms with E-state index in [2.05, 4.69) is 43.4 Å². The van der Waals surface area contributed by atoms with Gasteiger partial charge in [0.1, 0.15) is 35.3 Å². The first-order valence-corrected chi connectivity index (χ1v) is 28.5. The summed E-state index contributed by atoms with van der Waals surface area (Å²) in [5.41, 5.74) is 4.68. The summed E-state index contributed by atoms with van der Waals surface area (Å²) in [7, 11) is 2.60. The van der Waals surface area contributed by atoms with Gasteiger partial charge in [-0.2, -0.15) is 0 Å². The molecular weight excluding hydrogens is 1020 g/mol. The van der Waals surface area contributed by atoms with Crippen LogP contribution in [0.2, 0.25) is 0 Å². The normalized spacial score (nSPS) is 26.7. The summed E-state index contributed by atoms with van der Waals surface area (Å²) >= 11 is 1.73. The van der Waals surface area contributed by atoms with E-state index < -0.39 is 36.3 Å². The zero-order chi connectivity index (χ0) is 54.1. The number of carbonyl (C=O) groups is 4. The molecule has 4 N–H and O–H groups in total. The van der Waals surface area contributed by atoms with E-state index in [0.29, 0.717) is 97.4 Å². The van der Waals surface area contributed by atoms with Crippen LogP contribution in [0.1, 0.15) is 138 Å². The number of imidazole rings is 2. The molecule has 2 aromatic carbocycles. The summed E-state index contributed by atoms with van der Waals surface area (Å²) in [6, 6.07) is 13.6. The van der Waals surface area contributed by atoms with E-state index in [1.807, 2.05) is 56.9 Å². The molecule has 1 aliphatic carbocycles. The van der Waals surface area contributed by atoms with E-state index in [1.165, 1.54) is 25.2 Å². The molecule has 9 heterocycles. The number of H-pyrrole nitrogens is 2. The summed E-state index contributed by atoms with van der Waals surface area (Å²) in [6.07, 6.45) is 9.10. The van der Waals surface area contributed by atoms with E-state index in [1.54, 1.807) is 28.6 Å². The first kappa shape index (κ1) is 52.0. The number of aromatic amines is 2. The van der Waals surface area contributed by atoms with Crippen LogP contribution in [0.4, 0.5) is 14.0 Å². The van der Waals surface area contributed by atoms with Crippen LogP contribution in [-0.4, -0.2) is 122 Å². The van der Waals surface area contributed by atoms with Crippen LogP contribution in [0.15, 0.2) is 60.9 Å². The number of aromatic nitrogens is 5. The monoisotopic (exact) mass is 1090 g/mol. The highest BCUT2D eigenvalue weighted by Crippen LogP contribution is 2.51. The fourth-order valence-corrected chi connectivity index (χ4v) is 14.5. The number of nitrogens with zero attached hydrogens (tertiary/aromatic N) is 5. The minimum atomic E-state index is -0.800. The zero-order valence-electron chi connectivity index (χ0n) is 44.9. The first-order valence-electron chi connectivity index (χ1n) is 27.7. The number of fused-ring (bicyclic) bond motifs is 5. The van der Waals surface area contributed by atoms with E-state index in [9.17, 15) is 19.2 Å². The molecule has 5 fully saturated rings. The highest BCUT2D eigenvalue weighted by Gasteiger charge is 2.44. The Morgan fingerprint density at radius 3 is 1.77 bits per heavy atom. The predicted octanol–water partition coefficient (Wildman–Crippen LogP) is 10.3. The SMILES string of the molecule is COC(=O)NC(C(=O)N1CCCC1c1ncc(-c2cc(F)c3c(c2)OC(c2ccc(C4CC4)s2)n2c-3cc3cc(-c4cnc(C5CCCN5C(=O)C(NC(=O)OC)C5CC(C)OC(C)C5)[nH]4)ccc32)[nH]1)C1CC(C)OC(C)C1. The zero-order valence-corrected chi connectivity index (χ0v) is 45.7. The number of likely N-dealkylation sites (tertiary alicyclic amines) is 2. The average Bonchev–Trinajstić information content (AvgIpc) is 4.36. The van der Waals surface area contributed by atoms with Gasteiger partial charge in [0.15, 0.2) is 0 Å². The Morgan fingerprint density at radius 1 is 0.692 bits per heavy atom. The molecule has 4 aromatic heterocycles. The third-order valence-electron chi connectivity index (χ3n) is 16.9. The lowest BCUT2D eigenvalue weighted by Gasteiger charge is -2.38. The second kappa shape index (κ2) is 21.1. The van der Waals surface area contributed by atoms with Crippen LogP contribution in [-0.2, 0) is 28.5 Å². The van der Waals surface area contributed by atoms with Crippen molar-refractivity contribution < 1.29 is 47.3 Å². The number of hydrogen-bond donors (Lipinski definition) is 4. The molecule has 0 bridgehead atoms. The summed E-state index contributed by atoms with van der Waals surface area (Å²) in [5.74, 6) is 1.11. The molecule has 9 atom stereocenters. The van der Waals surface area contributed by atoms with Gasteiger partial charge in [0.25, 0.3) is 0 Å². The van der Waals surface area contributed by atoms with Crippen LogP contribution < -0.4 is 15.4 Å². The number of hydrogen-bond acceptors (Lipinski definition) is 12. The second-order valence-electron chi connectivity index (χ2n) is 22.4. The van der Waals surface area contributed by atoms with Gasteiger partial charge in [-0.05, 0) is 152 Å². The van der Waals surface area contributed by atoms with Gasteiger partial charge >= 0.3 is 12.2 Å². The maximum absolute atomic E-state index is 17.2. The fourth-order valence-electron chi connectivity index (χ4n) is 13.3. The molecule has 0 spiro atoms. The fraction of sp³-hybridized carbons (Fsp3) is 0.517. The lowest BCUT2D eigenvalue weighted by Crippen LogP contribution is -2.54. The van der Waals surface area contributed by atoms with Crippen molar-refractivity contribution in [1.29, 1.82) is 0 Å². The number of benzene rings is 2. The van der Waals surface area contributed by atoms with Crippen molar-refractivity contribution >= 4 is 46.2 Å².